The van der Waals surface area contributed by atoms with Crippen LogP contribution in [0.3, 0.4) is 0 Å². The summed E-state index contributed by atoms with van der Waals surface area (Å²) < 4.78 is 0. The number of benzene rings is 3. The highest BCUT2D eigenvalue weighted by Gasteiger charge is 2.29. The van der Waals surface area contributed by atoms with Gasteiger partial charge in [0.1, 0.15) is 11.9 Å². The fourth-order valence-corrected chi connectivity index (χ4v) is 4.56. The molecule has 0 bridgehead atoms. The number of aromatic nitrogens is 2. The van der Waals surface area contributed by atoms with Crippen molar-refractivity contribution in [3.63, 3.8) is 0 Å². The Morgan fingerprint density at radius 1 is 1.02 bits per heavy atom. The first-order chi connectivity index (χ1) is 20.2. The Morgan fingerprint density at radius 2 is 1.76 bits per heavy atom. The second-order valence-electron chi connectivity index (χ2n) is 10.2. The molecule has 0 unspecified atom stereocenters. The van der Waals surface area contributed by atoms with Crippen molar-refractivity contribution in [2.75, 3.05) is 5.32 Å². The molecule has 0 aliphatic rings. The third kappa shape index (κ3) is 7.42. The van der Waals surface area contributed by atoms with Gasteiger partial charge in [0.15, 0.2) is 0 Å². The summed E-state index contributed by atoms with van der Waals surface area (Å²) in [7, 11) is 0. The summed E-state index contributed by atoms with van der Waals surface area (Å²) in [4.78, 5) is 47.0. The summed E-state index contributed by atoms with van der Waals surface area (Å²) in [5.41, 5.74) is 15.8. The zero-order chi connectivity index (χ0) is 30.2. The molecule has 0 aliphatic heterocycles. The molecule has 0 saturated heterocycles. The maximum atomic E-state index is 13.8. The van der Waals surface area contributed by atoms with Crippen LogP contribution >= 0.6 is 0 Å². The van der Waals surface area contributed by atoms with E-state index in [0.29, 0.717) is 16.8 Å². The molecule has 4 rings (SSSR count). The van der Waals surface area contributed by atoms with E-state index >= 15 is 0 Å². The number of primary amides is 2. The number of amides is 5. The van der Waals surface area contributed by atoms with Crippen LogP contribution < -0.4 is 22.1 Å². The highest BCUT2D eigenvalue weighted by molar-refractivity contribution is 5.95. The van der Waals surface area contributed by atoms with Crippen molar-refractivity contribution in [3.8, 4) is 6.07 Å². The Morgan fingerprint density at radius 3 is 2.43 bits per heavy atom. The van der Waals surface area contributed by atoms with Crippen LogP contribution in [0.25, 0.3) is 11.0 Å². The number of anilines is 1. The van der Waals surface area contributed by atoms with Crippen molar-refractivity contribution in [3.05, 3.63) is 94.8 Å². The van der Waals surface area contributed by atoms with Gasteiger partial charge in [-0.15, -0.1) is 0 Å². The highest BCUT2D eigenvalue weighted by Crippen LogP contribution is 2.23. The van der Waals surface area contributed by atoms with Crippen molar-refractivity contribution in [1.29, 1.82) is 5.26 Å². The van der Waals surface area contributed by atoms with E-state index in [2.05, 4.69) is 40.5 Å². The molecule has 11 heteroatoms. The molecule has 0 aliphatic carbocycles. The second kappa shape index (κ2) is 13.3. The summed E-state index contributed by atoms with van der Waals surface area (Å²) in [6, 6.07) is 19.4. The van der Waals surface area contributed by atoms with Gasteiger partial charge in [0, 0.05) is 31.1 Å². The molecule has 42 heavy (non-hydrogen) atoms. The van der Waals surface area contributed by atoms with Crippen LogP contribution in [0.4, 0.5) is 15.3 Å². The Bertz CT molecular complexity index is 1620. The summed E-state index contributed by atoms with van der Waals surface area (Å²) in [5, 5.41) is 14.8. The van der Waals surface area contributed by atoms with Crippen molar-refractivity contribution < 1.29 is 14.4 Å². The molecule has 0 radical (unpaired) electrons. The van der Waals surface area contributed by atoms with E-state index in [0.717, 1.165) is 34.4 Å². The van der Waals surface area contributed by atoms with Gasteiger partial charge in [-0.25, -0.2) is 14.6 Å². The quantitative estimate of drug-likeness (QED) is 0.181. The molecule has 0 saturated carbocycles. The molecule has 4 aromatic rings. The third-order valence-corrected chi connectivity index (χ3v) is 7.12. The van der Waals surface area contributed by atoms with Gasteiger partial charge in [-0.1, -0.05) is 50.2 Å². The van der Waals surface area contributed by atoms with Gasteiger partial charge in [-0.3, -0.25) is 4.79 Å². The topological polar surface area (TPSA) is 183 Å². The molecule has 7 N–H and O–H groups in total. The fraction of sp³-hybridized carbons (Fsp3) is 0.258. The average molecular weight is 567 g/mol. The summed E-state index contributed by atoms with van der Waals surface area (Å²) in [6.45, 7) is 4.52. The van der Waals surface area contributed by atoms with E-state index in [-0.39, 0.29) is 25.4 Å². The van der Waals surface area contributed by atoms with Crippen LogP contribution in [0.15, 0.2) is 66.7 Å². The molecule has 3 aromatic carbocycles. The highest BCUT2D eigenvalue weighted by atomic mass is 16.2. The number of carbonyl (C=O) groups excluding carboxylic acids is 3. The normalized spacial score (nSPS) is 12.2. The summed E-state index contributed by atoms with van der Waals surface area (Å²) >= 11 is 0. The van der Waals surface area contributed by atoms with Gasteiger partial charge < -0.3 is 32.0 Å². The molecule has 216 valence electrons. The standard InChI is InChI=1S/C31H34N8O3/c1-3-19(2)29-37-25-12-11-24(15-26(25)38-29)36-31(42)39(18-21-9-7-20(8-10-21)17-35-30(34)41)27(28(33)40)14-22-5-4-6-23(13-22)16-32/h4-13,15,19,27H,3,14,17-18H2,1-2H3,(H2,33,40)(H,36,42)(H,37,38)(H3,34,35,41)/t19-,27+/m0/s1. The predicted molar refractivity (Wildman–Crippen MR) is 160 cm³/mol. The first-order valence-corrected chi connectivity index (χ1v) is 13.6. The van der Waals surface area contributed by atoms with Crippen LogP contribution in [-0.2, 0) is 24.3 Å². The zero-order valence-electron chi connectivity index (χ0n) is 23.6. The number of fused-ring (bicyclic) bond motifs is 1. The summed E-state index contributed by atoms with van der Waals surface area (Å²) in [5.74, 6) is 0.456. The van der Waals surface area contributed by atoms with E-state index in [1.807, 2.05) is 6.07 Å². The number of H-pyrrole nitrogens is 1. The van der Waals surface area contributed by atoms with Crippen LogP contribution in [0.2, 0.25) is 0 Å². The smallest absolute Gasteiger partial charge is 0.322 e. The molecule has 0 spiro atoms. The first-order valence-electron chi connectivity index (χ1n) is 13.6. The van der Waals surface area contributed by atoms with Crippen LogP contribution in [0, 0.1) is 11.3 Å². The van der Waals surface area contributed by atoms with Crippen molar-refractivity contribution >= 4 is 34.7 Å². The van der Waals surface area contributed by atoms with Crippen LogP contribution in [0.1, 0.15) is 54.3 Å². The Balaban J connectivity index is 1.62. The van der Waals surface area contributed by atoms with Crippen molar-refractivity contribution in [1.82, 2.24) is 20.2 Å². The van der Waals surface area contributed by atoms with Crippen molar-refractivity contribution in [2.24, 2.45) is 11.5 Å². The number of nitrogens with two attached hydrogens (primary N) is 2. The number of carbonyl (C=O) groups is 3. The predicted octanol–water partition coefficient (Wildman–Crippen LogP) is 4.25. The van der Waals surface area contributed by atoms with E-state index in [1.54, 1.807) is 60.7 Å². The Labute approximate surface area is 243 Å². The van der Waals surface area contributed by atoms with Gasteiger partial charge in [0.25, 0.3) is 0 Å². The molecule has 2 atom stereocenters. The number of nitrogens with one attached hydrogen (secondary N) is 3. The van der Waals surface area contributed by atoms with Gasteiger partial charge in [-0.2, -0.15) is 5.26 Å². The minimum atomic E-state index is -1.01. The maximum Gasteiger partial charge on any atom is 0.322 e. The van der Waals surface area contributed by atoms with Gasteiger partial charge in [0.2, 0.25) is 5.91 Å². The van der Waals surface area contributed by atoms with Gasteiger partial charge in [-0.05, 0) is 53.4 Å². The average Bonchev–Trinajstić information content (AvgIpc) is 3.41. The monoisotopic (exact) mass is 566 g/mol. The molecule has 11 nitrogen and oxygen atoms in total. The third-order valence-electron chi connectivity index (χ3n) is 7.12. The maximum absolute atomic E-state index is 13.8. The fourth-order valence-electron chi connectivity index (χ4n) is 4.56. The lowest BCUT2D eigenvalue weighted by Crippen LogP contribution is -2.50. The van der Waals surface area contributed by atoms with Gasteiger partial charge >= 0.3 is 12.1 Å². The number of rotatable bonds is 11. The van der Waals surface area contributed by atoms with Crippen LogP contribution in [-0.4, -0.2) is 38.9 Å². The SMILES string of the molecule is CC[C@H](C)c1nc2ccc(NC(=O)N(Cc3ccc(CNC(N)=O)cc3)[C@H](Cc3cccc(C#N)c3)C(N)=O)cc2[nH]1. The van der Waals surface area contributed by atoms with E-state index in [1.165, 1.54) is 4.90 Å². The molecule has 5 amide bonds. The number of aromatic amines is 1. The number of nitriles is 1. The number of nitrogens with zero attached hydrogens (tertiary/aromatic N) is 3. The minimum absolute atomic E-state index is 0.0748. The first kappa shape index (κ1) is 29.6. The second-order valence-corrected chi connectivity index (χ2v) is 10.2. The lowest BCUT2D eigenvalue weighted by molar-refractivity contribution is -0.122. The Kier molecular flexibility index (Phi) is 9.39. The molecular formula is C31H34N8O3. The van der Waals surface area contributed by atoms with E-state index in [4.69, 9.17) is 11.5 Å². The van der Waals surface area contributed by atoms with Crippen molar-refractivity contribution in [2.45, 2.75) is 51.7 Å². The largest absolute Gasteiger partial charge is 0.368 e. The van der Waals surface area contributed by atoms with E-state index < -0.39 is 24.0 Å². The lowest BCUT2D eigenvalue weighted by Gasteiger charge is -2.30. The molecular weight excluding hydrogens is 532 g/mol. The zero-order valence-corrected chi connectivity index (χ0v) is 23.6. The number of urea groups is 2. The minimum Gasteiger partial charge on any atom is -0.368 e. The Hall–Kier alpha value is -5.37. The molecule has 1 aromatic heterocycles. The molecule has 1 heterocycles. The summed E-state index contributed by atoms with van der Waals surface area (Å²) in [6.07, 6.45) is 1.06. The van der Waals surface area contributed by atoms with Crippen LogP contribution in [0.5, 0.6) is 0 Å². The number of hydrogen-bond donors (Lipinski definition) is 5. The molecule has 0 fully saturated rings. The number of imidazole rings is 1. The lowest BCUT2D eigenvalue weighted by atomic mass is 10.0. The van der Waals surface area contributed by atoms with E-state index in [9.17, 15) is 19.6 Å². The van der Waals surface area contributed by atoms with Gasteiger partial charge in [0.05, 0.1) is 22.7 Å². The number of hydrogen-bond acceptors (Lipinski definition) is 5.